The molecule has 1 aromatic heterocycles. The van der Waals surface area contributed by atoms with Crippen molar-refractivity contribution in [1.29, 1.82) is 0 Å². The number of hydrogen-bond acceptors (Lipinski definition) is 3. The van der Waals surface area contributed by atoms with Gasteiger partial charge in [-0.05, 0) is 175 Å². The summed E-state index contributed by atoms with van der Waals surface area (Å²) in [5.74, 6) is 0. The fraction of sp³-hybridized carbons (Fsp3) is 0.0345. The van der Waals surface area contributed by atoms with Crippen LogP contribution in [0.1, 0.15) is 23.6 Å². The minimum Gasteiger partial charge on any atom is -0.456 e. The average molecular weight is 1150 g/mol. The van der Waals surface area contributed by atoms with E-state index in [0.717, 1.165) is 95.9 Å². The van der Waals surface area contributed by atoms with Gasteiger partial charge in [0.1, 0.15) is 11.2 Å². The quantitative estimate of drug-likeness (QED) is 0.108. The van der Waals surface area contributed by atoms with Crippen molar-refractivity contribution in [2.75, 3.05) is 9.80 Å². The highest BCUT2D eigenvalue weighted by Crippen LogP contribution is 2.53. The molecule has 15 aromatic rings. The van der Waals surface area contributed by atoms with E-state index in [0.29, 0.717) is 0 Å². The summed E-state index contributed by atoms with van der Waals surface area (Å²) in [6.45, 7) is 2.46. The second kappa shape index (κ2) is 23.0. The Kier molecular flexibility index (Phi) is 13.8. The summed E-state index contributed by atoms with van der Waals surface area (Å²) in [4.78, 5) is 4.85. The summed E-state index contributed by atoms with van der Waals surface area (Å²) in [6.07, 6.45) is 0.818. The van der Waals surface area contributed by atoms with Crippen molar-refractivity contribution < 1.29 is 4.42 Å². The number of anilines is 6. The average Bonchev–Trinajstić information content (AvgIpc) is 1.59. The second-order valence-electron chi connectivity index (χ2n) is 23.8. The molecule has 3 nitrogen and oxygen atoms in total. The maximum absolute atomic E-state index is 6.40. The predicted octanol–water partition coefficient (Wildman–Crippen LogP) is 24.1. The topological polar surface area (TPSA) is 19.6 Å². The van der Waals surface area contributed by atoms with Crippen LogP contribution >= 0.6 is 0 Å². The van der Waals surface area contributed by atoms with Gasteiger partial charge in [-0.15, -0.1) is 0 Å². The Bertz CT molecular complexity index is 5140. The molecular weight excluding hydrogens is 1090 g/mol. The molecule has 1 heterocycles. The summed E-state index contributed by atoms with van der Waals surface area (Å²) in [5, 5.41) is 2.25. The first-order valence-electron chi connectivity index (χ1n) is 31.1. The highest BCUT2D eigenvalue weighted by molar-refractivity contribution is 6.06. The van der Waals surface area contributed by atoms with Crippen molar-refractivity contribution in [1.82, 2.24) is 0 Å². The van der Waals surface area contributed by atoms with Crippen LogP contribution in [-0.2, 0) is 11.8 Å². The number of para-hydroxylation sites is 3. The number of rotatable bonds is 14. The molecule has 1 aliphatic carbocycles. The number of hydrogen-bond donors (Lipinski definition) is 0. The predicted molar refractivity (Wildman–Crippen MR) is 378 cm³/mol. The van der Waals surface area contributed by atoms with Crippen molar-refractivity contribution in [3.63, 3.8) is 0 Å². The minimum atomic E-state index is -0.323. The molecule has 0 saturated carbocycles. The molecule has 14 aromatic carbocycles. The first-order valence-corrected chi connectivity index (χ1v) is 31.1. The van der Waals surface area contributed by atoms with Crippen LogP contribution < -0.4 is 9.80 Å². The molecule has 0 fully saturated rings. The maximum Gasteiger partial charge on any atom is 0.136 e. The molecule has 0 N–H and O–H groups in total. The molecular formula is C87H62N2O. The van der Waals surface area contributed by atoms with Crippen LogP contribution in [-0.4, -0.2) is 0 Å². The highest BCUT2D eigenvalue weighted by atomic mass is 16.3. The SMILES string of the molecule is CC1(Cc2cccc(-c3cccc(N(c4cccc(-c5ccc6c(c5)oc5ccccc56)c4)c4ccccc4-c4ccccc4)c3)c2)c2ccccc2-c2ccc(-c3cccc(N(c4cccc(-c5ccccc5)c4)c4ccccc4-c4ccccc4)c3)cc21. The standard InChI is InChI=1S/C87H62N2O/c1-87(81-44-15-11-42-77(81)78-50-48-69(57-82(78)87)67-34-22-38-73(55-67)88(71-36-20-32-65(53-71)61-25-5-2-6-26-61)83-45-16-12-40-75(83)62-27-7-3-8-28-62)59-60-24-19-31-64(52-60)66-33-21-37-72(54-66)89(84-46-17-13-41-76(84)63-29-9-4-10-30-63)74-39-23-35-68(56-74)70-49-51-80-79-43-14-18-47-85(79)90-86(80)58-70/h2-58H,59H2,1H3. The zero-order valence-electron chi connectivity index (χ0n) is 49.9. The molecule has 90 heavy (non-hydrogen) atoms. The summed E-state index contributed by atoms with van der Waals surface area (Å²) in [5.41, 5.74) is 28.4. The van der Waals surface area contributed by atoms with Crippen LogP contribution in [0.3, 0.4) is 0 Å². The van der Waals surface area contributed by atoms with E-state index in [1.54, 1.807) is 0 Å². The third-order valence-electron chi connectivity index (χ3n) is 18.3. The number of furan rings is 1. The zero-order chi connectivity index (χ0) is 60.0. The highest BCUT2D eigenvalue weighted by Gasteiger charge is 2.39. The van der Waals surface area contributed by atoms with Crippen molar-refractivity contribution in [2.45, 2.75) is 18.8 Å². The second-order valence-corrected chi connectivity index (χ2v) is 23.8. The van der Waals surface area contributed by atoms with Gasteiger partial charge in [0.2, 0.25) is 0 Å². The monoisotopic (exact) mass is 1150 g/mol. The Morgan fingerprint density at radius 1 is 0.256 bits per heavy atom. The van der Waals surface area contributed by atoms with Crippen LogP contribution in [0, 0.1) is 0 Å². The summed E-state index contributed by atoms with van der Waals surface area (Å²) < 4.78 is 6.40. The van der Waals surface area contributed by atoms with E-state index in [9.17, 15) is 0 Å². The molecule has 3 heteroatoms. The van der Waals surface area contributed by atoms with Crippen LogP contribution in [0.2, 0.25) is 0 Å². The van der Waals surface area contributed by atoms with Gasteiger partial charge in [0.25, 0.3) is 0 Å². The number of nitrogens with zero attached hydrogens (tertiary/aromatic N) is 2. The first kappa shape index (κ1) is 53.9. The molecule has 16 rings (SSSR count). The Morgan fingerprint density at radius 2 is 0.644 bits per heavy atom. The normalized spacial score (nSPS) is 13.3. The van der Waals surface area contributed by atoms with E-state index in [1.807, 2.05) is 12.1 Å². The number of fused-ring (bicyclic) bond motifs is 6. The molecule has 0 radical (unpaired) electrons. The molecule has 0 spiro atoms. The van der Waals surface area contributed by atoms with Gasteiger partial charge in [0.05, 0.1) is 11.4 Å². The van der Waals surface area contributed by atoms with Gasteiger partial charge in [-0.2, -0.15) is 0 Å². The first-order chi connectivity index (χ1) is 44.5. The fourth-order valence-corrected chi connectivity index (χ4v) is 14.0. The van der Waals surface area contributed by atoms with E-state index in [1.165, 1.54) is 61.2 Å². The van der Waals surface area contributed by atoms with Crippen molar-refractivity contribution >= 4 is 56.1 Å². The van der Waals surface area contributed by atoms with Gasteiger partial charge in [-0.1, -0.05) is 268 Å². The van der Waals surface area contributed by atoms with Gasteiger partial charge >= 0.3 is 0 Å². The lowest BCUT2D eigenvalue weighted by Gasteiger charge is -2.29. The van der Waals surface area contributed by atoms with E-state index < -0.39 is 0 Å². The Labute approximate surface area is 526 Å². The molecule has 0 saturated heterocycles. The third-order valence-corrected chi connectivity index (χ3v) is 18.3. The third kappa shape index (κ3) is 9.93. The zero-order valence-corrected chi connectivity index (χ0v) is 49.9. The van der Waals surface area contributed by atoms with Crippen molar-refractivity contribution in [3.8, 4) is 77.9 Å². The lowest BCUT2D eigenvalue weighted by Crippen LogP contribution is -2.24. The van der Waals surface area contributed by atoms with Crippen LogP contribution in [0.4, 0.5) is 34.1 Å². The van der Waals surface area contributed by atoms with Gasteiger partial charge in [-0.25, -0.2) is 0 Å². The van der Waals surface area contributed by atoms with Crippen molar-refractivity contribution in [2.24, 2.45) is 0 Å². The molecule has 0 aliphatic heterocycles. The fourth-order valence-electron chi connectivity index (χ4n) is 14.0. The number of benzene rings is 14. The van der Waals surface area contributed by atoms with Gasteiger partial charge in [0.15, 0.2) is 0 Å². The van der Waals surface area contributed by atoms with Gasteiger partial charge < -0.3 is 14.2 Å². The molecule has 0 bridgehead atoms. The largest absolute Gasteiger partial charge is 0.456 e. The van der Waals surface area contributed by atoms with Crippen LogP contribution in [0.15, 0.2) is 350 Å². The van der Waals surface area contributed by atoms with Crippen LogP contribution in [0.5, 0.6) is 0 Å². The molecule has 1 unspecified atom stereocenters. The summed E-state index contributed by atoms with van der Waals surface area (Å²) >= 11 is 0. The summed E-state index contributed by atoms with van der Waals surface area (Å²) in [7, 11) is 0. The summed E-state index contributed by atoms with van der Waals surface area (Å²) in [6, 6.07) is 126. The molecule has 1 aliphatic rings. The minimum absolute atomic E-state index is 0.323. The van der Waals surface area contributed by atoms with E-state index in [-0.39, 0.29) is 5.41 Å². The van der Waals surface area contributed by atoms with Gasteiger partial charge in [-0.3, -0.25) is 0 Å². The lowest BCUT2D eigenvalue weighted by molar-refractivity contribution is 0.583. The van der Waals surface area contributed by atoms with E-state index >= 15 is 0 Å². The lowest BCUT2D eigenvalue weighted by atomic mass is 9.74. The smallest absolute Gasteiger partial charge is 0.136 e. The van der Waals surface area contributed by atoms with Crippen LogP contribution in [0.25, 0.3) is 99.8 Å². The van der Waals surface area contributed by atoms with Crippen molar-refractivity contribution in [3.05, 3.63) is 362 Å². The molecule has 426 valence electrons. The van der Waals surface area contributed by atoms with Gasteiger partial charge in [0, 0.05) is 50.1 Å². The molecule has 1 atom stereocenters. The molecule has 0 amide bonds. The van der Waals surface area contributed by atoms with E-state index in [2.05, 4.69) is 350 Å². The maximum atomic E-state index is 6.40. The Hall–Kier alpha value is -11.5. The van der Waals surface area contributed by atoms with E-state index in [4.69, 9.17) is 4.42 Å². The Morgan fingerprint density at radius 3 is 1.21 bits per heavy atom. The Balaban J connectivity index is 0.759.